The van der Waals surface area contributed by atoms with Gasteiger partial charge < -0.3 is 20.4 Å². The molecule has 0 aliphatic heterocycles. The Morgan fingerprint density at radius 3 is 2.00 bits per heavy atom. The van der Waals surface area contributed by atoms with Crippen molar-refractivity contribution < 1.29 is 14.4 Å². The predicted molar refractivity (Wildman–Crippen MR) is 150 cm³/mol. The minimum absolute atomic E-state index is 0.0244. The van der Waals surface area contributed by atoms with E-state index in [1.807, 2.05) is 42.2 Å². The molecule has 0 atom stereocenters. The van der Waals surface area contributed by atoms with Crippen molar-refractivity contribution in [2.24, 2.45) is 0 Å². The van der Waals surface area contributed by atoms with Gasteiger partial charge in [0.1, 0.15) is 0 Å². The second-order valence-corrected chi connectivity index (χ2v) is 8.74. The average molecular weight is 501 g/mol. The van der Waals surface area contributed by atoms with E-state index in [9.17, 15) is 14.4 Å². The molecule has 0 aliphatic rings. The number of nitrogens with zero attached hydrogens (tertiary/aromatic N) is 2. The van der Waals surface area contributed by atoms with Crippen LogP contribution in [0.3, 0.4) is 0 Å². The first-order valence-corrected chi connectivity index (χ1v) is 12.9. The number of benzene rings is 3. The van der Waals surface area contributed by atoms with Crippen LogP contribution in [-0.2, 0) is 4.79 Å². The molecule has 0 aliphatic carbocycles. The lowest BCUT2D eigenvalue weighted by molar-refractivity contribution is -0.114. The Bertz CT molecular complexity index is 1170. The van der Waals surface area contributed by atoms with E-state index in [1.165, 1.54) is 0 Å². The van der Waals surface area contributed by atoms with Crippen LogP contribution in [0.4, 0.5) is 17.1 Å². The Kier molecular flexibility index (Phi) is 10.3. The second-order valence-electron chi connectivity index (χ2n) is 8.74. The number of rotatable bonds is 12. The van der Waals surface area contributed by atoms with Crippen molar-refractivity contribution in [3.05, 3.63) is 90.0 Å². The molecule has 7 nitrogen and oxygen atoms in total. The quantitative estimate of drug-likeness (QED) is 0.336. The number of hydrogen-bond acceptors (Lipinski definition) is 4. The molecule has 0 radical (unpaired) electrons. The van der Waals surface area contributed by atoms with E-state index >= 15 is 0 Å². The van der Waals surface area contributed by atoms with E-state index < -0.39 is 0 Å². The maximum absolute atomic E-state index is 13.1. The van der Waals surface area contributed by atoms with Crippen LogP contribution in [0.15, 0.2) is 78.9 Å². The summed E-state index contributed by atoms with van der Waals surface area (Å²) in [6.07, 6.45) is 1.84. The summed E-state index contributed by atoms with van der Waals surface area (Å²) < 4.78 is 0. The molecule has 2 N–H and O–H groups in total. The standard InChI is InChI=1S/C30H36N4O3/c1-4-19-33(20-5-2)29(36)23-15-17-25(18-16-23)31-22-28(35)32-26-12-10-11-24(21-26)30(37)34(6-3)27-13-8-7-9-14-27/h7-18,21,31H,4-6,19-20,22H2,1-3H3,(H,32,35). The van der Waals surface area contributed by atoms with Gasteiger partial charge in [-0.05, 0) is 74.4 Å². The first kappa shape index (κ1) is 27.5. The fraction of sp³-hybridized carbons (Fsp3) is 0.300. The molecule has 0 fully saturated rings. The van der Waals surface area contributed by atoms with E-state index in [4.69, 9.17) is 0 Å². The van der Waals surface area contributed by atoms with Gasteiger partial charge in [-0.3, -0.25) is 14.4 Å². The topological polar surface area (TPSA) is 81.8 Å². The number of hydrogen-bond donors (Lipinski definition) is 2. The molecule has 0 saturated heterocycles. The minimum atomic E-state index is -0.239. The van der Waals surface area contributed by atoms with Crippen LogP contribution in [0.2, 0.25) is 0 Å². The number of nitrogens with one attached hydrogen (secondary N) is 2. The van der Waals surface area contributed by atoms with Crippen LogP contribution in [-0.4, -0.2) is 48.8 Å². The average Bonchev–Trinajstić information content (AvgIpc) is 2.93. The molecule has 0 aromatic heterocycles. The number of para-hydroxylation sites is 1. The lowest BCUT2D eigenvalue weighted by Crippen LogP contribution is -2.32. The third-order valence-corrected chi connectivity index (χ3v) is 5.88. The minimum Gasteiger partial charge on any atom is -0.376 e. The zero-order chi connectivity index (χ0) is 26.6. The molecule has 37 heavy (non-hydrogen) atoms. The maximum Gasteiger partial charge on any atom is 0.258 e. The van der Waals surface area contributed by atoms with Gasteiger partial charge in [0.25, 0.3) is 11.8 Å². The summed E-state index contributed by atoms with van der Waals surface area (Å²) in [6, 6.07) is 23.6. The van der Waals surface area contributed by atoms with Crippen LogP contribution in [0, 0.1) is 0 Å². The van der Waals surface area contributed by atoms with Crippen molar-refractivity contribution in [3.8, 4) is 0 Å². The van der Waals surface area contributed by atoms with Gasteiger partial charge in [-0.2, -0.15) is 0 Å². The molecule has 194 valence electrons. The van der Waals surface area contributed by atoms with E-state index in [0.29, 0.717) is 23.4 Å². The highest BCUT2D eigenvalue weighted by molar-refractivity contribution is 6.07. The highest BCUT2D eigenvalue weighted by atomic mass is 16.2. The van der Waals surface area contributed by atoms with E-state index in [0.717, 1.165) is 37.3 Å². The van der Waals surface area contributed by atoms with Gasteiger partial charge >= 0.3 is 0 Å². The van der Waals surface area contributed by atoms with E-state index in [-0.39, 0.29) is 24.3 Å². The van der Waals surface area contributed by atoms with Crippen LogP contribution in [0.1, 0.15) is 54.3 Å². The lowest BCUT2D eigenvalue weighted by Gasteiger charge is -2.21. The Morgan fingerprint density at radius 2 is 1.38 bits per heavy atom. The molecule has 7 heteroatoms. The Hall–Kier alpha value is -4.13. The molecular weight excluding hydrogens is 464 g/mol. The summed E-state index contributed by atoms with van der Waals surface area (Å²) in [5.41, 5.74) is 3.25. The molecule has 0 unspecified atom stereocenters. The third-order valence-electron chi connectivity index (χ3n) is 5.88. The van der Waals surface area contributed by atoms with Crippen LogP contribution in [0.25, 0.3) is 0 Å². The van der Waals surface area contributed by atoms with Crippen molar-refractivity contribution in [2.75, 3.05) is 41.7 Å². The SMILES string of the molecule is CCCN(CCC)C(=O)c1ccc(NCC(=O)Nc2cccc(C(=O)N(CC)c3ccccc3)c2)cc1. The first-order valence-electron chi connectivity index (χ1n) is 12.9. The molecule has 3 rings (SSSR count). The Labute approximate surface area is 219 Å². The second kappa shape index (κ2) is 13.8. The zero-order valence-electron chi connectivity index (χ0n) is 21.9. The molecule has 3 aromatic carbocycles. The van der Waals surface area contributed by atoms with Crippen LogP contribution in [0.5, 0.6) is 0 Å². The van der Waals surface area contributed by atoms with Crippen molar-refractivity contribution in [1.82, 2.24) is 4.90 Å². The monoisotopic (exact) mass is 500 g/mol. The summed E-state index contributed by atoms with van der Waals surface area (Å²) in [5, 5.41) is 5.93. The zero-order valence-corrected chi connectivity index (χ0v) is 21.9. The largest absolute Gasteiger partial charge is 0.376 e. The number of anilines is 3. The normalized spacial score (nSPS) is 10.5. The highest BCUT2D eigenvalue weighted by Gasteiger charge is 2.17. The molecule has 0 bridgehead atoms. The molecule has 3 amide bonds. The third kappa shape index (κ3) is 7.67. The van der Waals surface area contributed by atoms with E-state index in [1.54, 1.807) is 53.4 Å². The molecular formula is C30H36N4O3. The van der Waals surface area contributed by atoms with Gasteiger partial charge in [0, 0.05) is 47.8 Å². The van der Waals surface area contributed by atoms with Crippen molar-refractivity contribution in [3.63, 3.8) is 0 Å². The smallest absolute Gasteiger partial charge is 0.258 e. The molecule has 0 heterocycles. The summed E-state index contributed by atoms with van der Waals surface area (Å²) in [7, 11) is 0. The fourth-order valence-corrected chi connectivity index (χ4v) is 4.09. The van der Waals surface area contributed by atoms with Crippen LogP contribution >= 0.6 is 0 Å². The summed E-state index contributed by atoms with van der Waals surface area (Å²) in [6.45, 7) is 8.11. The van der Waals surface area contributed by atoms with Gasteiger partial charge in [-0.15, -0.1) is 0 Å². The van der Waals surface area contributed by atoms with Gasteiger partial charge in [0.2, 0.25) is 5.91 Å². The Morgan fingerprint density at radius 1 is 0.703 bits per heavy atom. The maximum atomic E-state index is 13.1. The molecule has 0 spiro atoms. The van der Waals surface area contributed by atoms with Crippen molar-refractivity contribution >= 4 is 34.8 Å². The first-order chi connectivity index (χ1) is 18.0. The molecule has 0 saturated carbocycles. The number of amides is 3. The van der Waals surface area contributed by atoms with E-state index in [2.05, 4.69) is 24.5 Å². The highest BCUT2D eigenvalue weighted by Crippen LogP contribution is 2.19. The van der Waals surface area contributed by atoms with Gasteiger partial charge in [0.15, 0.2) is 0 Å². The van der Waals surface area contributed by atoms with Crippen molar-refractivity contribution in [2.45, 2.75) is 33.6 Å². The summed E-state index contributed by atoms with van der Waals surface area (Å²) in [4.78, 5) is 41.9. The van der Waals surface area contributed by atoms with Crippen molar-refractivity contribution in [1.29, 1.82) is 0 Å². The van der Waals surface area contributed by atoms with Gasteiger partial charge in [-0.25, -0.2) is 0 Å². The summed E-state index contributed by atoms with van der Waals surface area (Å²) >= 11 is 0. The van der Waals surface area contributed by atoms with Gasteiger partial charge in [0.05, 0.1) is 6.54 Å². The van der Waals surface area contributed by atoms with Gasteiger partial charge in [-0.1, -0.05) is 38.1 Å². The lowest BCUT2D eigenvalue weighted by atomic mass is 10.1. The fourth-order valence-electron chi connectivity index (χ4n) is 4.09. The number of carbonyl (C=O) groups is 3. The Balaban J connectivity index is 1.57. The summed E-state index contributed by atoms with van der Waals surface area (Å²) in [5.74, 6) is -0.345. The predicted octanol–water partition coefficient (Wildman–Crippen LogP) is 5.67. The molecule has 3 aromatic rings. The van der Waals surface area contributed by atoms with Crippen LogP contribution < -0.4 is 15.5 Å². The number of carbonyl (C=O) groups excluding carboxylic acids is 3.